The highest BCUT2D eigenvalue weighted by molar-refractivity contribution is 6.28. The molecule has 0 atom stereocenters. The molecule has 0 unspecified atom stereocenters. The highest BCUT2D eigenvalue weighted by Gasteiger charge is 2.14. The van der Waals surface area contributed by atoms with Gasteiger partial charge in [-0.3, -0.25) is 5.10 Å². The van der Waals surface area contributed by atoms with Gasteiger partial charge in [0, 0.05) is 0 Å². The molecule has 0 saturated heterocycles. The number of hydrogen-bond donors (Lipinski definition) is 1. The number of aromatic amines is 1. The zero-order chi connectivity index (χ0) is 13.5. The Hall–Kier alpha value is -2.14. The van der Waals surface area contributed by atoms with Crippen LogP contribution in [0.1, 0.15) is 17.5 Å². The monoisotopic (exact) mass is 286 g/mol. The first kappa shape index (κ1) is 11.7. The van der Waals surface area contributed by atoms with Gasteiger partial charge in [0.1, 0.15) is 11.1 Å². The number of H-pyrrole nitrogens is 1. The maximum absolute atomic E-state index is 5.89. The molecule has 0 bridgehead atoms. The Morgan fingerprint density at radius 3 is 3.00 bits per heavy atom. The van der Waals surface area contributed by atoms with Gasteiger partial charge in [-0.1, -0.05) is 6.07 Å². The number of ether oxygens (including phenoxy) is 1. The number of aryl methyl sites for hydroxylation is 2. The second-order valence-electron chi connectivity index (χ2n) is 4.82. The summed E-state index contributed by atoms with van der Waals surface area (Å²) in [5.41, 5.74) is 3.33. The van der Waals surface area contributed by atoms with E-state index in [2.05, 4.69) is 32.3 Å². The lowest BCUT2D eigenvalue weighted by Gasteiger charge is -2.07. The lowest BCUT2D eigenvalue weighted by Crippen LogP contribution is -1.93. The molecule has 6 heteroatoms. The van der Waals surface area contributed by atoms with Crippen molar-refractivity contribution >= 4 is 22.6 Å². The summed E-state index contributed by atoms with van der Waals surface area (Å²) in [6.45, 7) is 0. The number of rotatable bonds is 2. The van der Waals surface area contributed by atoms with Crippen molar-refractivity contribution < 1.29 is 4.74 Å². The summed E-state index contributed by atoms with van der Waals surface area (Å²) < 4.78 is 5.86. The van der Waals surface area contributed by atoms with Gasteiger partial charge < -0.3 is 4.74 Å². The van der Waals surface area contributed by atoms with E-state index in [0.29, 0.717) is 11.5 Å². The number of aromatic nitrogens is 4. The third-order valence-electron chi connectivity index (χ3n) is 3.53. The average Bonchev–Trinajstić information content (AvgIpc) is 3.05. The van der Waals surface area contributed by atoms with Crippen molar-refractivity contribution in [3.63, 3.8) is 0 Å². The quantitative estimate of drug-likeness (QED) is 0.734. The molecule has 0 fully saturated rings. The highest BCUT2D eigenvalue weighted by Crippen LogP contribution is 2.31. The third kappa shape index (κ3) is 1.91. The maximum atomic E-state index is 5.89. The minimum atomic E-state index is 0.137. The van der Waals surface area contributed by atoms with Crippen molar-refractivity contribution in [2.45, 2.75) is 19.3 Å². The van der Waals surface area contributed by atoms with Crippen LogP contribution in [0.5, 0.6) is 11.6 Å². The minimum absolute atomic E-state index is 0.137. The van der Waals surface area contributed by atoms with Gasteiger partial charge in [-0.25, -0.2) is 0 Å². The second-order valence-corrected chi connectivity index (χ2v) is 5.15. The molecule has 3 aromatic rings. The van der Waals surface area contributed by atoms with E-state index in [4.69, 9.17) is 16.3 Å². The van der Waals surface area contributed by atoms with Crippen molar-refractivity contribution in [1.29, 1.82) is 0 Å². The van der Waals surface area contributed by atoms with Crippen LogP contribution >= 0.6 is 11.6 Å². The van der Waals surface area contributed by atoms with Gasteiger partial charge in [-0.15, -0.1) is 0 Å². The van der Waals surface area contributed by atoms with Gasteiger partial charge in [0.25, 0.3) is 0 Å². The fourth-order valence-corrected chi connectivity index (χ4v) is 2.74. The van der Waals surface area contributed by atoms with E-state index >= 15 is 0 Å². The first-order valence-corrected chi connectivity index (χ1v) is 6.84. The van der Waals surface area contributed by atoms with E-state index < -0.39 is 0 Å². The van der Waals surface area contributed by atoms with Crippen molar-refractivity contribution in [1.82, 2.24) is 20.2 Å². The Morgan fingerprint density at radius 1 is 1.15 bits per heavy atom. The fraction of sp³-hybridized carbons (Fsp3) is 0.214. The van der Waals surface area contributed by atoms with Crippen LogP contribution in [-0.2, 0) is 12.8 Å². The number of benzene rings is 1. The lowest BCUT2D eigenvalue weighted by molar-refractivity contribution is 0.468. The van der Waals surface area contributed by atoms with E-state index in [0.717, 1.165) is 24.0 Å². The van der Waals surface area contributed by atoms with Crippen molar-refractivity contribution in [3.8, 4) is 11.6 Å². The Kier molecular flexibility index (Phi) is 2.60. The average molecular weight is 287 g/mol. The number of nitrogens with zero attached hydrogens (tertiary/aromatic N) is 3. The molecule has 1 aliphatic carbocycles. The summed E-state index contributed by atoms with van der Waals surface area (Å²) in [4.78, 5) is 8.19. The smallest absolute Gasteiger partial charge is 0.234 e. The first-order valence-electron chi connectivity index (χ1n) is 6.46. The molecule has 4 rings (SSSR count). The molecule has 2 heterocycles. The van der Waals surface area contributed by atoms with Crippen LogP contribution in [0.2, 0.25) is 5.28 Å². The fourth-order valence-electron chi connectivity index (χ4n) is 2.58. The number of halogens is 1. The van der Waals surface area contributed by atoms with Crippen LogP contribution < -0.4 is 4.74 Å². The summed E-state index contributed by atoms with van der Waals surface area (Å²) in [6, 6.07) is 6.16. The number of hydrogen-bond acceptors (Lipinski definition) is 4. The first-order chi connectivity index (χ1) is 9.79. The van der Waals surface area contributed by atoms with Crippen LogP contribution in [0.3, 0.4) is 0 Å². The van der Waals surface area contributed by atoms with Crippen molar-refractivity contribution in [3.05, 3.63) is 40.8 Å². The minimum Gasteiger partial charge on any atom is -0.438 e. The molecular weight excluding hydrogens is 276 g/mol. The summed E-state index contributed by atoms with van der Waals surface area (Å²) in [6.07, 6.45) is 5.11. The molecule has 0 amide bonds. The van der Waals surface area contributed by atoms with Crippen LogP contribution in [0, 0.1) is 0 Å². The van der Waals surface area contributed by atoms with E-state index in [1.54, 1.807) is 6.20 Å². The molecule has 20 heavy (non-hydrogen) atoms. The summed E-state index contributed by atoms with van der Waals surface area (Å²) in [5.74, 6) is 1.19. The van der Waals surface area contributed by atoms with Crippen LogP contribution in [0.25, 0.3) is 11.0 Å². The van der Waals surface area contributed by atoms with Gasteiger partial charge in [0.15, 0.2) is 5.65 Å². The predicted octanol–water partition coefficient (Wildman–Crippen LogP) is 3.29. The summed E-state index contributed by atoms with van der Waals surface area (Å²) >= 11 is 5.89. The molecule has 1 N–H and O–H groups in total. The maximum Gasteiger partial charge on any atom is 0.234 e. The van der Waals surface area contributed by atoms with Gasteiger partial charge in [-0.2, -0.15) is 15.1 Å². The number of fused-ring (bicyclic) bond motifs is 2. The van der Waals surface area contributed by atoms with Crippen LogP contribution in [0.4, 0.5) is 0 Å². The van der Waals surface area contributed by atoms with E-state index in [1.807, 2.05) is 6.07 Å². The third-order valence-corrected chi connectivity index (χ3v) is 3.70. The Balaban J connectivity index is 1.75. The predicted molar refractivity (Wildman–Crippen MR) is 75.2 cm³/mol. The number of nitrogens with one attached hydrogen (secondary N) is 1. The Morgan fingerprint density at radius 2 is 2.05 bits per heavy atom. The molecule has 0 saturated carbocycles. The van der Waals surface area contributed by atoms with E-state index in [-0.39, 0.29) is 5.28 Å². The topological polar surface area (TPSA) is 63.7 Å². The zero-order valence-electron chi connectivity index (χ0n) is 10.6. The molecule has 0 spiro atoms. The van der Waals surface area contributed by atoms with E-state index in [1.165, 1.54) is 17.5 Å². The molecule has 5 nitrogen and oxygen atoms in total. The molecule has 2 aromatic heterocycles. The summed E-state index contributed by atoms with van der Waals surface area (Å²) in [5, 5.41) is 7.55. The molecular formula is C14H11ClN4O. The Labute approximate surface area is 120 Å². The van der Waals surface area contributed by atoms with Gasteiger partial charge in [0.05, 0.1) is 6.20 Å². The van der Waals surface area contributed by atoms with Crippen molar-refractivity contribution in [2.75, 3.05) is 0 Å². The largest absolute Gasteiger partial charge is 0.438 e. The highest BCUT2D eigenvalue weighted by atomic mass is 35.5. The SMILES string of the molecule is Clc1nc(Oc2ccc3c(c2)CCC3)c2cn[nH]c2n1. The zero-order valence-corrected chi connectivity index (χ0v) is 11.3. The lowest BCUT2D eigenvalue weighted by atomic mass is 10.1. The Bertz CT molecular complexity index is 799. The van der Waals surface area contributed by atoms with Gasteiger partial charge in [-0.05, 0) is 54.1 Å². The molecule has 1 aromatic carbocycles. The van der Waals surface area contributed by atoms with Gasteiger partial charge >= 0.3 is 0 Å². The standard InChI is InChI=1S/C14H11ClN4O/c15-14-17-12-11(7-16-19-12)13(18-14)20-10-5-4-8-2-1-3-9(8)6-10/h4-7H,1-3H2,(H,16,17,18,19). The second kappa shape index (κ2) is 4.45. The normalized spacial score (nSPS) is 13.7. The van der Waals surface area contributed by atoms with Crippen LogP contribution in [-0.4, -0.2) is 20.2 Å². The summed E-state index contributed by atoms with van der Waals surface area (Å²) in [7, 11) is 0. The van der Waals surface area contributed by atoms with E-state index in [9.17, 15) is 0 Å². The van der Waals surface area contributed by atoms with Crippen LogP contribution in [0.15, 0.2) is 24.4 Å². The molecule has 0 aliphatic heterocycles. The molecule has 1 aliphatic rings. The molecule has 100 valence electrons. The van der Waals surface area contributed by atoms with Gasteiger partial charge in [0.2, 0.25) is 11.2 Å². The molecule has 0 radical (unpaired) electrons. The van der Waals surface area contributed by atoms with Crippen molar-refractivity contribution in [2.24, 2.45) is 0 Å².